The lowest BCUT2D eigenvalue weighted by atomic mass is 10.1. The van der Waals surface area contributed by atoms with E-state index in [2.05, 4.69) is 29.4 Å². The van der Waals surface area contributed by atoms with Crippen molar-refractivity contribution < 1.29 is 4.42 Å². The van der Waals surface area contributed by atoms with Gasteiger partial charge in [0.05, 0.1) is 0 Å². The molecule has 1 aromatic heterocycles. The Balaban J connectivity index is 1.71. The molecule has 1 aromatic carbocycles. The third kappa shape index (κ3) is 2.50. The second-order valence-corrected chi connectivity index (χ2v) is 4.74. The van der Waals surface area contributed by atoms with Crippen molar-refractivity contribution in [1.29, 1.82) is 0 Å². The maximum Gasteiger partial charge on any atom is 0.196 e. The van der Waals surface area contributed by atoms with Gasteiger partial charge in [0.15, 0.2) is 11.5 Å². The highest BCUT2D eigenvalue weighted by molar-refractivity contribution is 5.73. The number of rotatable bonds is 5. The monoisotopic (exact) mass is 230 g/mol. The van der Waals surface area contributed by atoms with Crippen LogP contribution in [0.2, 0.25) is 0 Å². The number of hydrogen-bond donors (Lipinski definition) is 1. The van der Waals surface area contributed by atoms with Crippen molar-refractivity contribution in [1.82, 2.24) is 10.3 Å². The third-order valence-electron chi connectivity index (χ3n) is 3.25. The van der Waals surface area contributed by atoms with Crippen molar-refractivity contribution in [2.75, 3.05) is 6.54 Å². The standard InChI is InChI=1S/C14H18N2O/c1-2-10-3-6-13-12(9-10)16-14(17-13)7-8-15-11-4-5-11/h3,6,9,11,15H,2,4-5,7-8H2,1H3. The van der Waals surface area contributed by atoms with Crippen LogP contribution in [0.5, 0.6) is 0 Å². The molecule has 1 heterocycles. The molecule has 1 fully saturated rings. The summed E-state index contributed by atoms with van der Waals surface area (Å²) in [6.07, 6.45) is 4.58. The van der Waals surface area contributed by atoms with E-state index >= 15 is 0 Å². The second-order valence-electron chi connectivity index (χ2n) is 4.74. The zero-order valence-corrected chi connectivity index (χ0v) is 10.2. The molecular weight excluding hydrogens is 212 g/mol. The average molecular weight is 230 g/mol. The van der Waals surface area contributed by atoms with Crippen LogP contribution in [-0.4, -0.2) is 17.6 Å². The molecule has 1 aliphatic rings. The van der Waals surface area contributed by atoms with Gasteiger partial charge in [-0.3, -0.25) is 0 Å². The summed E-state index contributed by atoms with van der Waals surface area (Å²) in [6.45, 7) is 3.12. The van der Waals surface area contributed by atoms with Crippen molar-refractivity contribution in [2.45, 2.75) is 38.6 Å². The van der Waals surface area contributed by atoms with Crippen molar-refractivity contribution in [3.05, 3.63) is 29.7 Å². The summed E-state index contributed by atoms with van der Waals surface area (Å²) in [7, 11) is 0. The molecule has 0 radical (unpaired) electrons. The molecule has 0 atom stereocenters. The SMILES string of the molecule is CCc1ccc2oc(CCNC3CC3)nc2c1. The normalized spacial score (nSPS) is 15.6. The average Bonchev–Trinajstić information content (AvgIpc) is 3.07. The fourth-order valence-electron chi connectivity index (χ4n) is 2.02. The lowest BCUT2D eigenvalue weighted by molar-refractivity contribution is 0.514. The van der Waals surface area contributed by atoms with E-state index in [1.807, 2.05) is 6.07 Å². The van der Waals surface area contributed by atoms with Gasteiger partial charge in [-0.1, -0.05) is 13.0 Å². The van der Waals surface area contributed by atoms with Crippen LogP contribution in [0.1, 0.15) is 31.2 Å². The molecule has 0 amide bonds. The van der Waals surface area contributed by atoms with E-state index in [1.54, 1.807) is 0 Å². The van der Waals surface area contributed by atoms with Gasteiger partial charge in [0.2, 0.25) is 0 Å². The quantitative estimate of drug-likeness (QED) is 0.858. The molecule has 3 heteroatoms. The molecule has 1 N–H and O–H groups in total. The summed E-state index contributed by atoms with van der Waals surface area (Å²) in [6, 6.07) is 7.01. The molecule has 1 saturated carbocycles. The predicted octanol–water partition coefficient (Wildman–Crippen LogP) is 2.68. The fraction of sp³-hybridized carbons (Fsp3) is 0.500. The van der Waals surface area contributed by atoms with E-state index < -0.39 is 0 Å². The van der Waals surface area contributed by atoms with E-state index in [9.17, 15) is 0 Å². The van der Waals surface area contributed by atoms with Crippen LogP contribution in [-0.2, 0) is 12.8 Å². The van der Waals surface area contributed by atoms with Gasteiger partial charge in [0.1, 0.15) is 5.52 Å². The van der Waals surface area contributed by atoms with Crippen LogP contribution in [0.4, 0.5) is 0 Å². The smallest absolute Gasteiger partial charge is 0.196 e. The summed E-state index contributed by atoms with van der Waals surface area (Å²) in [5.41, 5.74) is 3.21. The number of oxazole rings is 1. The zero-order valence-electron chi connectivity index (χ0n) is 10.2. The molecule has 3 rings (SSSR count). The van der Waals surface area contributed by atoms with Crippen molar-refractivity contribution in [3.63, 3.8) is 0 Å². The summed E-state index contributed by atoms with van der Waals surface area (Å²) in [4.78, 5) is 4.53. The first-order valence-corrected chi connectivity index (χ1v) is 6.47. The van der Waals surface area contributed by atoms with E-state index in [-0.39, 0.29) is 0 Å². The van der Waals surface area contributed by atoms with Gasteiger partial charge in [-0.2, -0.15) is 0 Å². The van der Waals surface area contributed by atoms with Gasteiger partial charge in [-0.25, -0.2) is 4.98 Å². The van der Waals surface area contributed by atoms with Gasteiger partial charge in [0, 0.05) is 19.0 Å². The predicted molar refractivity (Wildman–Crippen MR) is 68.1 cm³/mol. The Labute approximate surface area is 101 Å². The first-order chi connectivity index (χ1) is 8.35. The minimum Gasteiger partial charge on any atom is -0.441 e. The first kappa shape index (κ1) is 10.8. The van der Waals surface area contributed by atoms with Gasteiger partial charge >= 0.3 is 0 Å². The number of hydrogen-bond acceptors (Lipinski definition) is 3. The zero-order chi connectivity index (χ0) is 11.7. The lowest BCUT2D eigenvalue weighted by Crippen LogP contribution is -2.19. The molecule has 0 aliphatic heterocycles. The minimum absolute atomic E-state index is 0.756. The largest absolute Gasteiger partial charge is 0.441 e. The Bertz CT molecular complexity index is 514. The Morgan fingerprint density at radius 3 is 3.06 bits per heavy atom. The van der Waals surface area contributed by atoms with E-state index in [0.717, 1.165) is 42.4 Å². The third-order valence-corrected chi connectivity index (χ3v) is 3.25. The lowest BCUT2D eigenvalue weighted by Gasteiger charge is -1.97. The van der Waals surface area contributed by atoms with Gasteiger partial charge in [-0.15, -0.1) is 0 Å². The fourth-order valence-corrected chi connectivity index (χ4v) is 2.02. The van der Waals surface area contributed by atoms with Crippen LogP contribution in [0, 0.1) is 0 Å². The van der Waals surface area contributed by atoms with E-state index in [4.69, 9.17) is 4.42 Å². The van der Waals surface area contributed by atoms with Crippen LogP contribution < -0.4 is 5.32 Å². The maximum absolute atomic E-state index is 5.72. The van der Waals surface area contributed by atoms with E-state index in [0.29, 0.717) is 0 Å². The first-order valence-electron chi connectivity index (χ1n) is 6.47. The Morgan fingerprint density at radius 1 is 1.41 bits per heavy atom. The Kier molecular flexibility index (Phi) is 2.85. The van der Waals surface area contributed by atoms with Gasteiger partial charge in [0.25, 0.3) is 0 Å². The highest BCUT2D eigenvalue weighted by atomic mass is 16.3. The highest BCUT2D eigenvalue weighted by Crippen LogP contribution is 2.20. The van der Waals surface area contributed by atoms with Crippen molar-refractivity contribution in [3.8, 4) is 0 Å². The van der Waals surface area contributed by atoms with Crippen LogP contribution in [0.15, 0.2) is 22.6 Å². The van der Waals surface area contributed by atoms with Crippen molar-refractivity contribution >= 4 is 11.1 Å². The Hall–Kier alpha value is -1.35. The number of nitrogens with one attached hydrogen (secondary N) is 1. The molecule has 0 saturated heterocycles. The number of nitrogens with zero attached hydrogens (tertiary/aromatic N) is 1. The molecular formula is C14H18N2O. The van der Waals surface area contributed by atoms with Crippen LogP contribution in [0.3, 0.4) is 0 Å². The molecule has 3 nitrogen and oxygen atoms in total. The molecule has 2 aromatic rings. The topological polar surface area (TPSA) is 38.1 Å². The van der Waals surface area contributed by atoms with E-state index in [1.165, 1.54) is 18.4 Å². The van der Waals surface area contributed by atoms with Crippen molar-refractivity contribution in [2.24, 2.45) is 0 Å². The summed E-state index contributed by atoms with van der Waals surface area (Å²) >= 11 is 0. The molecule has 90 valence electrons. The number of fused-ring (bicyclic) bond motifs is 1. The molecule has 0 spiro atoms. The van der Waals surface area contributed by atoms with Gasteiger partial charge < -0.3 is 9.73 Å². The highest BCUT2D eigenvalue weighted by Gasteiger charge is 2.20. The number of benzene rings is 1. The van der Waals surface area contributed by atoms with Crippen LogP contribution >= 0.6 is 0 Å². The number of aryl methyl sites for hydroxylation is 1. The molecule has 1 aliphatic carbocycles. The molecule has 17 heavy (non-hydrogen) atoms. The summed E-state index contributed by atoms with van der Waals surface area (Å²) in [5, 5.41) is 3.47. The number of aromatic nitrogens is 1. The second kappa shape index (κ2) is 4.49. The molecule has 0 bridgehead atoms. The summed E-state index contributed by atoms with van der Waals surface area (Å²) in [5.74, 6) is 0.849. The Morgan fingerprint density at radius 2 is 2.29 bits per heavy atom. The molecule has 0 unspecified atom stereocenters. The van der Waals surface area contributed by atoms with Crippen LogP contribution in [0.25, 0.3) is 11.1 Å². The summed E-state index contributed by atoms with van der Waals surface area (Å²) < 4.78 is 5.72. The maximum atomic E-state index is 5.72. The minimum atomic E-state index is 0.756. The van der Waals surface area contributed by atoms with Gasteiger partial charge in [-0.05, 0) is 37.0 Å².